The van der Waals surface area contributed by atoms with Crippen molar-refractivity contribution >= 4 is 40.4 Å². The Morgan fingerprint density at radius 2 is 2.24 bits per heavy atom. The highest BCUT2D eigenvalue weighted by molar-refractivity contribution is 8.14. The number of hydrogen-bond acceptors (Lipinski definition) is 5. The second-order valence-corrected chi connectivity index (χ2v) is 5.56. The molecular weight excluding hydrogens is 316 g/mol. The van der Waals surface area contributed by atoms with E-state index in [1.165, 1.54) is 13.2 Å². The number of nitrogens with one attached hydrogen (secondary N) is 1. The minimum Gasteiger partial charge on any atom is -0.496 e. The number of thioether (sulfide) groups is 1. The Balaban J connectivity index is 1.94. The predicted octanol–water partition coefficient (Wildman–Crippen LogP) is 1.77. The second-order valence-electron chi connectivity index (χ2n) is 4.20. The number of hydrogen-bond donors (Lipinski definition) is 1. The van der Waals surface area contributed by atoms with Gasteiger partial charge in [-0.05, 0) is 18.2 Å². The van der Waals surface area contributed by atoms with E-state index in [4.69, 9.17) is 16.3 Å². The van der Waals surface area contributed by atoms with Crippen LogP contribution in [0.2, 0.25) is 5.02 Å². The molecule has 2 rings (SSSR count). The molecule has 1 aromatic carbocycles. The summed E-state index contributed by atoms with van der Waals surface area (Å²) in [5, 5.41) is 2.77. The topological polar surface area (TPSA) is 75.7 Å². The maximum absolute atomic E-state index is 12.1. The lowest BCUT2D eigenvalue weighted by atomic mass is 10.2. The molecule has 1 aliphatic rings. The molecule has 1 heterocycles. The van der Waals surface area contributed by atoms with Gasteiger partial charge >= 0.3 is 0 Å². The molecule has 21 heavy (non-hydrogen) atoms. The number of carbonyl (C=O) groups excluding carboxylic acids is 3. The van der Waals surface area contributed by atoms with E-state index in [2.05, 4.69) is 5.32 Å². The Bertz CT molecular complexity index is 578. The van der Waals surface area contributed by atoms with Gasteiger partial charge in [0.25, 0.3) is 11.1 Å². The van der Waals surface area contributed by atoms with Gasteiger partial charge in [0.2, 0.25) is 5.91 Å². The van der Waals surface area contributed by atoms with E-state index in [0.29, 0.717) is 16.3 Å². The van der Waals surface area contributed by atoms with Crippen molar-refractivity contribution in [1.29, 1.82) is 0 Å². The molecule has 8 heteroatoms. The van der Waals surface area contributed by atoms with Gasteiger partial charge in [0.15, 0.2) is 0 Å². The van der Waals surface area contributed by atoms with Gasteiger partial charge in [0.1, 0.15) is 5.75 Å². The third-order valence-corrected chi connectivity index (χ3v) is 3.96. The van der Waals surface area contributed by atoms with Gasteiger partial charge in [0, 0.05) is 18.1 Å². The highest BCUT2D eigenvalue weighted by atomic mass is 35.5. The van der Waals surface area contributed by atoms with Crippen LogP contribution in [0.3, 0.4) is 0 Å². The number of nitrogens with zero attached hydrogens (tertiary/aromatic N) is 1. The number of rotatable bonds is 5. The fourth-order valence-electron chi connectivity index (χ4n) is 1.83. The van der Waals surface area contributed by atoms with Crippen molar-refractivity contribution in [3.05, 3.63) is 28.8 Å². The van der Waals surface area contributed by atoms with Crippen LogP contribution in [0, 0.1) is 0 Å². The number of imide groups is 1. The molecule has 0 saturated carbocycles. The molecule has 1 aromatic rings. The zero-order valence-electron chi connectivity index (χ0n) is 11.2. The van der Waals surface area contributed by atoms with Crippen molar-refractivity contribution < 1.29 is 19.1 Å². The molecule has 0 atom stereocenters. The summed E-state index contributed by atoms with van der Waals surface area (Å²) in [6, 6.07) is 4.72. The van der Waals surface area contributed by atoms with Gasteiger partial charge in [-0.1, -0.05) is 23.4 Å². The number of benzene rings is 1. The van der Waals surface area contributed by atoms with E-state index >= 15 is 0 Å². The standard InChI is InChI=1S/C13H13ClN2O4S/c1-20-10-3-2-8(14)6-9(10)12(18)15-4-5-16-11(17)7-21-13(16)19/h2-3,6H,4-5,7H2,1H3,(H,15,18). The van der Waals surface area contributed by atoms with Crippen LogP contribution in [0.5, 0.6) is 5.75 Å². The molecule has 0 aromatic heterocycles. The number of halogens is 1. The Hall–Kier alpha value is -1.73. The maximum Gasteiger partial charge on any atom is 0.288 e. The van der Waals surface area contributed by atoms with Crippen molar-refractivity contribution in [2.75, 3.05) is 26.0 Å². The normalized spacial score (nSPS) is 14.5. The average Bonchev–Trinajstić information content (AvgIpc) is 2.78. The van der Waals surface area contributed by atoms with Crippen molar-refractivity contribution in [2.45, 2.75) is 0 Å². The lowest BCUT2D eigenvalue weighted by Crippen LogP contribution is -2.37. The van der Waals surface area contributed by atoms with Crippen LogP contribution in [-0.4, -0.2) is 47.9 Å². The molecule has 0 aliphatic carbocycles. The minimum atomic E-state index is -0.374. The molecule has 0 bridgehead atoms. The summed E-state index contributed by atoms with van der Waals surface area (Å²) >= 11 is 6.82. The summed E-state index contributed by atoms with van der Waals surface area (Å²) in [7, 11) is 1.46. The monoisotopic (exact) mass is 328 g/mol. The Morgan fingerprint density at radius 3 is 2.86 bits per heavy atom. The Labute approximate surface area is 130 Å². The lowest BCUT2D eigenvalue weighted by Gasteiger charge is -2.14. The largest absolute Gasteiger partial charge is 0.496 e. The molecule has 1 N–H and O–H groups in total. The summed E-state index contributed by atoms with van der Waals surface area (Å²) in [5.41, 5.74) is 0.304. The number of carbonyl (C=O) groups is 3. The number of ether oxygens (including phenoxy) is 1. The van der Waals surface area contributed by atoms with Crippen molar-refractivity contribution in [3.8, 4) is 5.75 Å². The molecule has 0 radical (unpaired) electrons. The second kappa shape index (κ2) is 6.82. The van der Waals surface area contributed by atoms with Gasteiger partial charge < -0.3 is 10.1 Å². The summed E-state index contributed by atoms with van der Waals surface area (Å²) in [5.74, 6) is -0.0454. The van der Waals surface area contributed by atoms with E-state index in [1.807, 2.05) is 0 Å². The molecule has 112 valence electrons. The van der Waals surface area contributed by atoms with Crippen LogP contribution in [0.1, 0.15) is 10.4 Å². The van der Waals surface area contributed by atoms with Gasteiger partial charge in [-0.2, -0.15) is 0 Å². The van der Waals surface area contributed by atoms with E-state index in [-0.39, 0.29) is 35.9 Å². The van der Waals surface area contributed by atoms with Crippen LogP contribution in [0.25, 0.3) is 0 Å². The maximum atomic E-state index is 12.1. The highest BCUT2D eigenvalue weighted by Crippen LogP contribution is 2.22. The smallest absolute Gasteiger partial charge is 0.288 e. The SMILES string of the molecule is COc1ccc(Cl)cc1C(=O)NCCN1C(=O)CSC1=O. The van der Waals surface area contributed by atoms with Crippen LogP contribution in [0.4, 0.5) is 4.79 Å². The number of methoxy groups -OCH3 is 1. The predicted molar refractivity (Wildman–Crippen MR) is 79.9 cm³/mol. The van der Waals surface area contributed by atoms with Gasteiger partial charge in [-0.3, -0.25) is 19.3 Å². The quantitative estimate of drug-likeness (QED) is 0.891. The van der Waals surface area contributed by atoms with Crippen LogP contribution >= 0.6 is 23.4 Å². The highest BCUT2D eigenvalue weighted by Gasteiger charge is 2.29. The molecule has 0 spiro atoms. The fourth-order valence-corrected chi connectivity index (χ4v) is 2.76. The Kier molecular flexibility index (Phi) is 5.08. The first kappa shape index (κ1) is 15.7. The summed E-state index contributed by atoms with van der Waals surface area (Å²) in [4.78, 5) is 36.0. The van der Waals surface area contributed by atoms with Crippen molar-refractivity contribution in [1.82, 2.24) is 10.2 Å². The first-order valence-corrected chi connectivity index (χ1v) is 7.48. The third kappa shape index (κ3) is 3.68. The first-order chi connectivity index (χ1) is 10.0. The zero-order chi connectivity index (χ0) is 15.4. The molecule has 0 unspecified atom stereocenters. The van der Waals surface area contributed by atoms with E-state index < -0.39 is 0 Å². The van der Waals surface area contributed by atoms with Gasteiger partial charge in [0.05, 0.1) is 18.4 Å². The van der Waals surface area contributed by atoms with Crippen molar-refractivity contribution in [3.63, 3.8) is 0 Å². The molecule has 3 amide bonds. The molecule has 1 saturated heterocycles. The Morgan fingerprint density at radius 1 is 1.48 bits per heavy atom. The van der Waals surface area contributed by atoms with Gasteiger partial charge in [-0.25, -0.2) is 0 Å². The minimum absolute atomic E-state index is 0.152. The molecule has 1 fully saturated rings. The van der Waals surface area contributed by atoms with E-state index in [9.17, 15) is 14.4 Å². The average molecular weight is 329 g/mol. The molecule has 1 aliphatic heterocycles. The zero-order valence-corrected chi connectivity index (χ0v) is 12.8. The van der Waals surface area contributed by atoms with Crippen LogP contribution in [-0.2, 0) is 4.79 Å². The van der Waals surface area contributed by atoms with Gasteiger partial charge in [-0.15, -0.1) is 0 Å². The summed E-state index contributed by atoms with van der Waals surface area (Å²) < 4.78 is 5.09. The summed E-state index contributed by atoms with van der Waals surface area (Å²) in [6.45, 7) is 0.325. The molecular formula is C13H13ClN2O4S. The van der Waals surface area contributed by atoms with Crippen molar-refractivity contribution in [2.24, 2.45) is 0 Å². The number of amides is 3. The van der Waals surface area contributed by atoms with E-state index in [1.54, 1.807) is 12.1 Å². The fraction of sp³-hybridized carbons (Fsp3) is 0.308. The lowest BCUT2D eigenvalue weighted by molar-refractivity contribution is -0.124. The van der Waals surface area contributed by atoms with Crippen LogP contribution < -0.4 is 10.1 Å². The summed E-state index contributed by atoms with van der Waals surface area (Å²) in [6.07, 6.45) is 0. The molecule has 6 nitrogen and oxygen atoms in total. The third-order valence-electron chi connectivity index (χ3n) is 2.87. The first-order valence-electron chi connectivity index (χ1n) is 6.12. The van der Waals surface area contributed by atoms with Crippen LogP contribution in [0.15, 0.2) is 18.2 Å². The van der Waals surface area contributed by atoms with E-state index in [0.717, 1.165) is 16.7 Å².